The average molecular weight is 423 g/mol. The van der Waals surface area contributed by atoms with Gasteiger partial charge in [0.2, 0.25) is 0 Å². The summed E-state index contributed by atoms with van der Waals surface area (Å²) in [6.45, 7) is 1.33. The van der Waals surface area contributed by atoms with Crippen LogP contribution in [0.3, 0.4) is 0 Å². The highest BCUT2D eigenvalue weighted by Crippen LogP contribution is 2.55. The van der Waals surface area contributed by atoms with Gasteiger partial charge in [-0.25, -0.2) is 14.0 Å². The van der Waals surface area contributed by atoms with Crippen molar-refractivity contribution in [2.75, 3.05) is 0 Å². The number of hydrogen-bond donors (Lipinski definition) is 2. The van der Waals surface area contributed by atoms with Crippen LogP contribution in [0.15, 0.2) is 18.2 Å². The highest BCUT2D eigenvalue weighted by atomic mass is 35.5. The first kappa shape index (κ1) is 20.1. The van der Waals surface area contributed by atoms with Gasteiger partial charge < -0.3 is 10.1 Å². The molecule has 1 atom stereocenters. The molecular weight excluding hydrogens is 399 g/mol. The second kappa shape index (κ2) is 7.59. The van der Waals surface area contributed by atoms with E-state index in [2.05, 4.69) is 10.6 Å². The molecule has 4 fully saturated rings. The molecule has 0 spiro atoms. The molecule has 29 heavy (non-hydrogen) atoms. The van der Waals surface area contributed by atoms with Crippen molar-refractivity contribution < 1.29 is 23.5 Å². The summed E-state index contributed by atoms with van der Waals surface area (Å²) in [6, 6.07) is 2.90. The Morgan fingerprint density at radius 3 is 2.31 bits per heavy atom. The zero-order valence-corrected chi connectivity index (χ0v) is 16.9. The SMILES string of the molecule is C[C@H](OC(=O)c1cc(Cl)ccc1F)C(=O)NC(=O)NC12CC3CC(CC(C3)C1)C2. The van der Waals surface area contributed by atoms with E-state index in [1.165, 1.54) is 32.3 Å². The van der Waals surface area contributed by atoms with Crippen LogP contribution in [0.2, 0.25) is 5.02 Å². The molecule has 1 aromatic rings. The molecule has 4 aliphatic rings. The van der Waals surface area contributed by atoms with Crippen molar-refractivity contribution in [1.82, 2.24) is 10.6 Å². The van der Waals surface area contributed by atoms with E-state index in [9.17, 15) is 18.8 Å². The Balaban J connectivity index is 1.32. The third-order valence-corrected chi connectivity index (χ3v) is 6.69. The molecule has 5 rings (SSSR count). The number of halogens is 2. The highest BCUT2D eigenvalue weighted by Gasteiger charge is 2.51. The number of nitrogens with one attached hydrogen (secondary N) is 2. The molecule has 0 saturated heterocycles. The molecule has 0 aliphatic heterocycles. The molecule has 6 nitrogen and oxygen atoms in total. The minimum atomic E-state index is -1.26. The molecule has 156 valence electrons. The Bertz CT molecular complexity index is 824. The number of rotatable bonds is 4. The van der Waals surface area contributed by atoms with Crippen molar-refractivity contribution in [3.05, 3.63) is 34.6 Å². The van der Waals surface area contributed by atoms with Crippen LogP contribution in [0.4, 0.5) is 9.18 Å². The van der Waals surface area contributed by atoms with E-state index in [0.717, 1.165) is 31.4 Å². The van der Waals surface area contributed by atoms with Gasteiger partial charge in [0.15, 0.2) is 6.10 Å². The minimum absolute atomic E-state index is 0.172. The van der Waals surface area contributed by atoms with Crippen LogP contribution < -0.4 is 10.6 Å². The zero-order chi connectivity index (χ0) is 20.8. The fourth-order valence-corrected chi connectivity index (χ4v) is 5.85. The third-order valence-electron chi connectivity index (χ3n) is 6.46. The molecule has 2 N–H and O–H groups in total. The second-order valence-corrected chi connectivity index (χ2v) is 9.25. The first-order valence-corrected chi connectivity index (χ1v) is 10.4. The van der Waals surface area contributed by atoms with Crippen molar-refractivity contribution in [3.63, 3.8) is 0 Å². The van der Waals surface area contributed by atoms with Gasteiger partial charge in [0.25, 0.3) is 5.91 Å². The standard InChI is InChI=1S/C21H24ClFN2O4/c1-11(29-19(27)16-7-15(22)2-3-17(16)23)18(26)24-20(28)25-21-8-12-4-13(9-21)6-14(5-12)10-21/h2-3,7,11-14H,4-6,8-10H2,1H3,(H2,24,25,26,28)/t11-,12?,13?,14?,21?/m0/s1. The quantitative estimate of drug-likeness (QED) is 0.722. The number of esters is 1. The van der Waals surface area contributed by atoms with Crippen molar-refractivity contribution in [1.29, 1.82) is 0 Å². The lowest BCUT2D eigenvalue weighted by Crippen LogP contribution is -2.62. The van der Waals surface area contributed by atoms with Crippen LogP contribution in [0.1, 0.15) is 55.8 Å². The minimum Gasteiger partial charge on any atom is -0.449 e. The number of urea groups is 1. The summed E-state index contributed by atoms with van der Waals surface area (Å²) in [6.07, 6.45) is 5.35. The lowest BCUT2D eigenvalue weighted by atomic mass is 9.53. The number of benzene rings is 1. The van der Waals surface area contributed by atoms with Gasteiger partial charge in [-0.05, 0) is 81.4 Å². The maximum Gasteiger partial charge on any atom is 0.341 e. The maximum atomic E-state index is 13.8. The first-order valence-electron chi connectivity index (χ1n) is 10.0. The summed E-state index contributed by atoms with van der Waals surface area (Å²) in [5, 5.41) is 5.45. The fourth-order valence-electron chi connectivity index (χ4n) is 5.68. The average Bonchev–Trinajstić information content (AvgIpc) is 2.61. The predicted octanol–water partition coefficient (Wildman–Crippen LogP) is 3.82. The van der Waals surface area contributed by atoms with E-state index in [0.29, 0.717) is 17.8 Å². The molecule has 0 unspecified atom stereocenters. The Kier molecular flexibility index (Phi) is 5.27. The van der Waals surface area contributed by atoms with Crippen LogP contribution in [0.5, 0.6) is 0 Å². The molecule has 0 heterocycles. The molecule has 4 saturated carbocycles. The number of imide groups is 1. The van der Waals surface area contributed by atoms with Gasteiger partial charge in [0.05, 0.1) is 5.56 Å². The fraction of sp³-hybridized carbons (Fsp3) is 0.571. The van der Waals surface area contributed by atoms with E-state index >= 15 is 0 Å². The Hall–Kier alpha value is -2.15. The van der Waals surface area contributed by atoms with Crippen molar-refractivity contribution in [2.24, 2.45) is 17.8 Å². The van der Waals surface area contributed by atoms with E-state index in [-0.39, 0.29) is 16.1 Å². The molecule has 3 amide bonds. The lowest BCUT2D eigenvalue weighted by Gasteiger charge is -2.56. The molecule has 4 bridgehead atoms. The Morgan fingerprint density at radius 1 is 1.14 bits per heavy atom. The van der Waals surface area contributed by atoms with Crippen LogP contribution in [0.25, 0.3) is 0 Å². The number of carbonyl (C=O) groups is 3. The highest BCUT2D eigenvalue weighted by molar-refractivity contribution is 6.30. The second-order valence-electron chi connectivity index (χ2n) is 8.81. The summed E-state index contributed by atoms with van der Waals surface area (Å²) < 4.78 is 18.8. The van der Waals surface area contributed by atoms with Gasteiger partial charge in [0.1, 0.15) is 5.82 Å². The van der Waals surface area contributed by atoms with E-state index in [1.54, 1.807) is 0 Å². The molecule has 1 aromatic carbocycles. The van der Waals surface area contributed by atoms with Gasteiger partial charge in [-0.3, -0.25) is 10.1 Å². The maximum absolute atomic E-state index is 13.8. The Morgan fingerprint density at radius 2 is 1.72 bits per heavy atom. The van der Waals surface area contributed by atoms with E-state index in [4.69, 9.17) is 16.3 Å². The van der Waals surface area contributed by atoms with Gasteiger partial charge in [-0.2, -0.15) is 0 Å². The number of amides is 3. The van der Waals surface area contributed by atoms with Gasteiger partial charge in [0, 0.05) is 10.6 Å². The Labute approximate surface area is 173 Å². The summed E-state index contributed by atoms with van der Waals surface area (Å²) in [4.78, 5) is 36.8. The number of carbonyl (C=O) groups excluding carboxylic acids is 3. The summed E-state index contributed by atoms with van der Waals surface area (Å²) in [7, 11) is 0. The summed E-state index contributed by atoms with van der Waals surface area (Å²) in [5.41, 5.74) is -0.599. The molecule has 0 aromatic heterocycles. The molecular formula is C21H24ClFN2O4. The van der Waals surface area contributed by atoms with Crippen LogP contribution in [-0.2, 0) is 9.53 Å². The van der Waals surface area contributed by atoms with Gasteiger partial charge in [-0.15, -0.1) is 0 Å². The number of hydrogen-bond acceptors (Lipinski definition) is 4. The normalized spacial score (nSPS) is 30.5. The first-order chi connectivity index (χ1) is 13.7. The smallest absolute Gasteiger partial charge is 0.341 e. The van der Waals surface area contributed by atoms with Gasteiger partial charge in [-0.1, -0.05) is 11.6 Å². The largest absolute Gasteiger partial charge is 0.449 e. The van der Waals surface area contributed by atoms with Crippen molar-refractivity contribution >= 4 is 29.5 Å². The van der Waals surface area contributed by atoms with Crippen LogP contribution in [0, 0.1) is 23.6 Å². The van der Waals surface area contributed by atoms with Crippen LogP contribution in [-0.4, -0.2) is 29.6 Å². The van der Waals surface area contributed by atoms with Crippen molar-refractivity contribution in [2.45, 2.75) is 57.1 Å². The number of ether oxygens (including phenoxy) is 1. The lowest BCUT2D eigenvalue weighted by molar-refractivity contribution is -0.128. The summed E-state index contributed by atoms with van der Waals surface area (Å²) >= 11 is 5.77. The third kappa shape index (κ3) is 4.25. The molecule has 8 heteroatoms. The van der Waals surface area contributed by atoms with Gasteiger partial charge >= 0.3 is 12.0 Å². The predicted molar refractivity (Wildman–Crippen MR) is 104 cm³/mol. The van der Waals surface area contributed by atoms with Crippen LogP contribution >= 0.6 is 11.6 Å². The summed E-state index contributed by atoms with van der Waals surface area (Å²) in [5.74, 6) is -0.608. The van der Waals surface area contributed by atoms with E-state index < -0.39 is 29.8 Å². The monoisotopic (exact) mass is 422 g/mol. The molecule has 4 aliphatic carbocycles. The molecule has 0 radical (unpaired) electrons. The zero-order valence-electron chi connectivity index (χ0n) is 16.2. The van der Waals surface area contributed by atoms with Crippen molar-refractivity contribution in [3.8, 4) is 0 Å². The van der Waals surface area contributed by atoms with E-state index in [1.807, 2.05) is 0 Å². The topological polar surface area (TPSA) is 84.5 Å².